The zero-order valence-electron chi connectivity index (χ0n) is 18.8. The molecule has 0 saturated heterocycles. The van der Waals surface area contributed by atoms with Crippen LogP contribution in [0.15, 0.2) is 50.2 Å². The Morgan fingerprint density at radius 1 is 0.943 bits per heavy atom. The maximum absolute atomic E-state index is 12.7. The van der Waals surface area contributed by atoms with Crippen molar-refractivity contribution < 1.29 is 28.3 Å². The summed E-state index contributed by atoms with van der Waals surface area (Å²) in [6.45, 7) is 2.41. The lowest BCUT2D eigenvalue weighted by Gasteiger charge is -2.11. The molecule has 0 aliphatic rings. The number of carboxylic acids is 1. The minimum atomic E-state index is -1.45. The van der Waals surface area contributed by atoms with Gasteiger partial charge in [0.05, 0.1) is 37.3 Å². The molecule has 10 heteroatoms. The molecule has 2 N–H and O–H groups in total. The van der Waals surface area contributed by atoms with Crippen LogP contribution in [0.5, 0.6) is 0 Å². The Hall–Kier alpha value is -4.11. The molecular formula is C25H20ClN2O7-. The topological polar surface area (TPSA) is 142 Å². The van der Waals surface area contributed by atoms with Crippen molar-refractivity contribution in [1.29, 1.82) is 0 Å². The molecule has 0 saturated carbocycles. The van der Waals surface area contributed by atoms with Crippen molar-refractivity contribution in [2.75, 3.05) is 13.1 Å². The highest BCUT2D eigenvalue weighted by molar-refractivity contribution is 6.30. The van der Waals surface area contributed by atoms with E-state index in [0.29, 0.717) is 32.7 Å². The molecule has 4 aromatic rings. The fraction of sp³-hybridized carbons (Fsp3) is 0.200. The van der Waals surface area contributed by atoms with E-state index in [4.69, 9.17) is 20.4 Å². The first-order valence-electron chi connectivity index (χ1n) is 10.6. The molecule has 2 aromatic heterocycles. The van der Waals surface area contributed by atoms with Crippen LogP contribution < -0.4 is 21.4 Å². The van der Waals surface area contributed by atoms with Gasteiger partial charge in [0.1, 0.15) is 11.2 Å². The van der Waals surface area contributed by atoms with Crippen LogP contribution in [0, 0.1) is 13.8 Å². The second kappa shape index (κ2) is 9.63. The van der Waals surface area contributed by atoms with Crippen LogP contribution in [0.25, 0.3) is 33.1 Å². The molecule has 0 atom stereocenters. The van der Waals surface area contributed by atoms with Gasteiger partial charge < -0.3 is 29.4 Å². The lowest BCUT2D eigenvalue weighted by atomic mass is 9.97. The third-order valence-corrected chi connectivity index (χ3v) is 5.96. The summed E-state index contributed by atoms with van der Waals surface area (Å²) in [6.07, 6.45) is 1.32. The summed E-state index contributed by atoms with van der Waals surface area (Å²) in [6, 6.07) is 9.18. The maximum Gasteiger partial charge on any atom is 0.340 e. The van der Waals surface area contributed by atoms with Gasteiger partial charge in [-0.15, -0.1) is 0 Å². The van der Waals surface area contributed by atoms with Crippen LogP contribution in [0.4, 0.5) is 0 Å². The third kappa shape index (κ3) is 4.90. The average molecular weight is 496 g/mol. The molecular weight excluding hydrogens is 476 g/mol. The van der Waals surface area contributed by atoms with E-state index in [0.717, 1.165) is 16.5 Å². The summed E-state index contributed by atoms with van der Waals surface area (Å²) >= 11 is 6.01. The van der Waals surface area contributed by atoms with E-state index in [1.807, 2.05) is 18.2 Å². The van der Waals surface area contributed by atoms with E-state index in [2.05, 4.69) is 10.6 Å². The smallest absolute Gasteiger partial charge is 0.340 e. The molecule has 0 bridgehead atoms. The minimum Gasteiger partial charge on any atom is -0.548 e. The average Bonchev–Trinajstić information content (AvgIpc) is 3.25. The Kier molecular flexibility index (Phi) is 6.61. The quantitative estimate of drug-likeness (QED) is 0.373. The van der Waals surface area contributed by atoms with Crippen molar-refractivity contribution in [3.63, 3.8) is 0 Å². The minimum absolute atomic E-state index is 0.153. The highest BCUT2D eigenvalue weighted by atomic mass is 35.5. The van der Waals surface area contributed by atoms with Crippen LogP contribution >= 0.6 is 11.6 Å². The molecule has 0 fully saturated rings. The van der Waals surface area contributed by atoms with Gasteiger partial charge in [-0.2, -0.15) is 0 Å². The summed E-state index contributed by atoms with van der Waals surface area (Å²) in [5, 5.41) is 16.9. The first-order chi connectivity index (χ1) is 16.7. The summed E-state index contributed by atoms with van der Waals surface area (Å²) in [5.41, 5.74) is 3.40. The van der Waals surface area contributed by atoms with Gasteiger partial charge in [0.2, 0.25) is 11.8 Å². The van der Waals surface area contributed by atoms with Gasteiger partial charge in [0.25, 0.3) is 0 Å². The molecule has 0 spiro atoms. The number of carboxylic acid groups (broad SMARTS) is 1. The number of hydrogen-bond acceptors (Lipinski definition) is 7. The van der Waals surface area contributed by atoms with Gasteiger partial charge in [-0.3, -0.25) is 9.59 Å². The number of furan rings is 1. The van der Waals surface area contributed by atoms with Crippen LogP contribution in [-0.2, 0) is 20.8 Å². The van der Waals surface area contributed by atoms with E-state index < -0.39 is 36.5 Å². The Labute approximate surface area is 203 Å². The van der Waals surface area contributed by atoms with E-state index >= 15 is 0 Å². The normalized spacial score (nSPS) is 11.1. The van der Waals surface area contributed by atoms with Gasteiger partial charge in [0.15, 0.2) is 0 Å². The second-order valence-electron chi connectivity index (χ2n) is 8.01. The van der Waals surface area contributed by atoms with Crippen molar-refractivity contribution in [2.24, 2.45) is 0 Å². The summed E-state index contributed by atoms with van der Waals surface area (Å²) in [7, 11) is 0. The summed E-state index contributed by atoms with van der Waals surface area (Å²) in [5.74, 6) is -2.74. The number of aryl methyl sites for hydroxylation is 2. The molecule has 0 aliphatic heterocycles. The number of fused-ring (bicyclic) bond motifs is 2. The predicted octanol–water partition coefficient (Wildman–Crippen LogP) is 2.00. The Morgan fingerprint density at radius 2 is 1.63 bits per heavy atom. The fourth-order valence-electron chi connectivity index (χ4n) is 3.89. The van der Waals surface area contributed by atoms with Gasteiger partial charge in [-0.1, -0.05) is 23.7 Å². The first kappa shape index (κ1) is 24.0. The Morgan fingerprint density at radius 3 is 2.31 bits per heavy atom. The van der Waals surface area contributed by atoms with Gasteiger partial charge in [-0.25, -0.2) is 4.79 Å². The van der Waals surface area contributed by atoms with E-state index in [-0.39, 0.29) is 12.0 Å². The van der Waals surface area contributed by atoms with Crippen LogP contribution in [0.3, 0.4) is 0 Å². The summed E-state index contributed by atoms with van der Waals surface area (Å²) < 4.78 is 11.4. The summed E-state index contributed by atoms with van der Waals surface area (Å²) in [4.78, 5) is 47.1. The largest absolute Gasteiger partial charge is 0.548 e. The first-order valence-corrected chi connectivity index (χ1v) is 11.0. The van der Waals surface area contributed by atoms with Crippen molar-refractivity contribution in [3.05, 3.63) is 68.7 Å². The van der Waals surface area contributed by atoms with E-state index in [1.165, 1.54) is 0 Å². The van der Waals surface area contributed by atoms with Crippen molar-refractivity contribution in [1.82, 2.24) is 10.6 Å². The fourth-order valence-corrected chi connectivity index (χ4v) is 4.01. The van der Waals surface area contributed by atoms with Gasteiger partial charge in [0, 0.05) is 26.9 Å². The standard InChI is InChI=1S/C25H21ClN2O7/c1-12-16-7-18-19(14-3-5-15(26)6-4-14)11-34-23(18)13(2)24(16)35-25(33)17(12)8-20(29)27-9-21(30)28-10-22(31)32/h3-7,11H,8-10H2,1-2H3,(H,27,29)(H,28,30)(H,31,32)/p-1. The second-order valence-corrected chi connectivity index (χ2v) is 8.44. The molecule has 4 rings (SSSR count). The molecule has 2 amide bonds. The van der Waals surface area contributed by atoms with Crippen molar-refractivity contribution in [2.45, 2.75) is 20.3 Å². The monoisotopic (exact) mass is 495 g/mol. The van der Waals surface area contributed by atoms with Crippen LogP contribution in [0.1, 0.15) is 16.7 Å². The van der Waals surface area contributed by atoms with E-state index in [1.54, 1.807) is 32.2 Å². The molecule has 0 aliphatic carbocycles. The highest BCUT2D eigenvalue weighted by Gasteiger charge is 2.20. The molecule has 180 valence electrons. The van der Waals surface area contributed by atoms with Crippen molar-refractivity contribution >= 4 is 51.3 Å². The lowest BCUT2D eigenvalue weighted by molar-refractivity contribution is -0.304. The number of rotatable bonds is 7. The molecule has 2 heterocycles. The van der Waals surface area contributed by atoms with Crippen LogP contribution in [-0.4, -0.2) is 30.9 Å². The number of hydrogen-bond donors (Lipinski definition) is 2. The zero-order valence-corrected chi connectivity index (χ0v) is 19.6. The maximum atomic E-state index is 12.7. The van der Waals surface area contributed by atoms with Gasteiger partial charge >= 0.3 is 5.63 Å². The zero-order chi connectivity index (χ0) is 25.3. The third-order valence-electron chi connectivity index (χ3n) is 5.71. The lowest BCUT2D eigenvalue weighted by Crippen LogP contribution is -2.43. The number of benzene rings is 2. The molecule has 0 radical (unpaired) electrons. The number of carbonyl (C=O) groups is 3. The number of halogens is 1. The van der Waals surface area contributed by atoms with E-state index in [9.17, 15) is 24.3 Å². The Bertz CT molecular complexity index is 1530. The SMILES string of the molecule is Cc1c(CC(=O)NCC(=O)NCC(=O)[O-])c(=O)oc2c(C)c3occ(-c4ccc(Cl)cc4)c3cc12. The van der Waals surface area contributed by atoms with Gasteiger partial charge in [-0.05, 0) is 43.2 Å². The number of amides is 2. The number of nitrogens with one attached hydrogen (secondary N) is 2. The number of aliphatic carboxylic acids is 1. The molecule has 2 aromatic carbocycles. The Balaban J connectivity index is 1.67. The highest BCUT2D eigenvalue weighted by Crippen LogP contribution is 2.37. The van der Waals surface area contributed by atoms with Crippen LogP contribution in [0.2, 0.25) is 5.02 Å². The molecule has 9 nitrogen and oxygen atoms in total. The predicted molar refractivity (Wildman–Crippen MR) is 127 cm³/mol. The molecule has 35 heavy (non-hydrogen) atoms. The molecule has 0 unspecified atom stereocenters. The van der Waals surface area contributed by atoms with Crippen molar-refractivity contribution in [3.8, 4) is 11.1 Å². The number of carbonyl (C=O) groups excluding carboxylic acids is 3.